The Bertz CT molecular complexity index is 1070. The van der Waals surface area contributed by atoms with Gasteiger partial charge in [0.25, 0.3) is 0 Å². The van der Waals surface area contributed by atoms with Crippen molar-refractivity contribution in [2.45, 2.75) is 61.8 Å². The summed E-state index contributed by atoms with van der Waals surface area (Å²) in [7, 11) is 0. The molecule has 0 bridgehead atoms. The van der Waals surface area contributed by atoms with E-state index < -0.39 is 5.97 Å². The molecule has 3 rings (SSSR count). The molecular weight excluding hydrogens is 476 g/mol. The fourth-order valence-electron chi connectivity index (χ4n) is 2.67. The van der Waals surface area contributed by atoms with Crippen LogP contribution in [0.25, 0.3) is 22.3 Å². The van der Waals surface area contributed by atoms with Crippen LogP contribution < -0.4 is 0 Å². The molecule has 0 aliphatic carbocycles. The number of carbonyl (C=O) groups is 1. The van der Waals surface area contributed by atoms with Crippen LogP contribution in [0.2, 0.25) is 5.02 Å². The maximum atomic E-state index is 9.60. The van der Waals surface area contributed by atoms with Crippen molar-refractivity contribution in [3.05, 3.63) is 120 Å². The number of carboxylic acid groups (broad SMARTS) is 1. The normalized spacial score (nSPS) is 9.38. The van der Waals surface area contributed by atoms with E-state index >= 15 is 0 Å². The Labute approximate surface area is 231 Å². The average Bonchev–Trinajstić information content (AvgIpc) is 2.92. The maximum Gasteiger partial charge on any atom is 0.330 e. The van der Waals surface area contributed by atoms with Gasteiger partial charge in [0.05, 0.1) is 0 Å². The van der Waals surface area contributed by atoms with Gasteiger partial charge < -0.3 is 5.11 Å². The van der Waals surface area contributed by atoms with Gasteiger partial charge in [0.1, 0.15) is 0 Å². The van der Waals surface area contributed by atoms with E-state index in [1.807, 2.05) is 58.0 Å². The second kappa shape index (κ2) is 21.9. The number of hydrogen-bond donors (Lipinski definition) is 1. The molecule has 0 aliphatic rings. The van der Waals surface area contributed by atoms with Gasteiger partial charge in [-0.2, -0.15) is 0 Å². The number of allylic oxidation sites excluding steroid dienone is 3. The van der Waals surface area contributed by atoms with Crippen molar-refractivity contribution in [2.24, 2.45) is 0 Å². The van der Waals surface area contributed by atoms with Gasteiger partial charge >= 0.3 is 5.97 Å². The highest BCUT2D eigenvalue weighted by molar-refractivity contribution is 6.30. The van der Waals surface area contributed by atoms with Crippen LogP contribution in [0.5, 0.6) is 0 Å². The molecule has 0 heterocycles. The van der Waals surface area contributed by atoms with Gasteiger partial charge in [-0.3, -0.25) is 0 Å². The number of carboxylic acids is 1. The Kier molecular flexibility index (Phi) is 21.2. The minimum absolute atomic E-state index is 0.176. The van der Waals surface area contributed by atoms with Gasteiger partial charge in [-0.25, -0.2) is 4.79 Å². The number of halogens is 1. The molecule has 0 aromatic heterocycles. The Hall–Kier alpha value is -3.36. The maximum absolute atomic E-state index is 9.60. The zero-order chi connectivity index (χ0) is 28.8. The summed E-state index contributed by atoms with van der Waals surface area (Å²) in [4.78, 5) is 9.60. The summed E-state index contributed by atoms with van der Waals surface area (Å²) in [6.07, 6.45) is 3.35. The van der Waals surface area contributed by atoms with Crippen molar-refractivity contribution in [1.29, 1.82) is 0 Å². The van der Waals surface area contributed by atoms with Crippen molar-refractivity contribution < 1.29 is 9.90 Å². The quantitative estimate of drug-likeness (QED) is 0.268. The van der Waals surface area contributed by atoms with Crippen LogP contribution in [0.15, 0.2) is 104 Å². The molecule has 0 amide bonds. The third kappa shape index (κ3) is 15.4. The molecule has 200 valence electrons. The molecule has 2 nitrogen and oxygen atoms in total. The molecule has 0 atom stereocenters. The van der Waals surface area contributed by atoms with Crippen LogP contribution in [-0.4, -0.2) is 11.1 Å². The van der Waals surface area contributed by atoms with Crippen molar-refractivity contribution >= 4 is 28.7 Å². The van der Waals surface area contributed by atoms with Gasteiger partial charge in [-0.05, 0) is 59.4 Å². The summed E-state index contributed by atoms with van der Waals surface area (Å²) in [5.74, 6) is -0.935. The Morgan fingerprint density at radius 1 is 0.784 bits per heavy atom. The molecule has 0 fully saturated rings. The molecule has 3 heteroatoms. The van der Waals surface area contributed by atoms with Gasteiger partial charge in [-0.15, -0.1) is 0 Å². The largest absolute Gasteiger partial charge is 0.478 e. The van der Waals surface area contributed by atoms with E-state index in [2.05, 4.69) is 88.5 Å². The molecule has 3 aromatic carbocycles. The van der Waals surface area contributed by atoms with Crippen molar-refractivity contribution in [2.75, 3.05) is 0 Å². The molecule has 0 saturated heterocycles. The number of hydrogen-bond acceptors (Lipinski definition) is 1. The molecule has 37 heavy (non-hydrogen) atoms. The Morgan fingerprint density at radius 2 is 1.24 bits per heavy atom. The molecule has 0 aliphatic heterocycles. The smallest absolute Gasteiger partial charge is 0.330 e. The predicted molar refractivity (Wildman–Crippen MR) is 167 cm³/mol. The number of rotatable bonds is 5. The first kappa shape index (κ1) is 35.8. The lowest BCUT2D eigenvalue weighted by molar-refractivity contribution is -0.132. The average molecular weight is 521 g/mol. The predicted octanol–water partition coefficient (Wildman–Crippen LogP) is 11.2. The van der Waals surface area contributed by atoms with Crippen molar-refractivity contribution in [3.63, 3.8) is 0 Å². The molecule has 0 saturated carbocycles. The first-order valence-electron chi connectivity index (χ1n) is 12.9. The van der Waals surface area contributed by atoms with Crippen LogP contribution in [-0.2, 0) is 4.79 Å². The van der Waals surface area contributed by atoms with Crippen LogP contribution >= 0.6 is 11.6 Å². The van der Waals surface area contributed by atoms with Crippen molar-refractivity contribution in [1.82, 2.24) is 0 Å². The summed E-state index contributed by atoms with van der Waals surface area (Å²) >= 11 is 6.06. The third-order valence-electron chi connectivity index (χ3n) is 4.40. The second-order valence-electron chi connectivity index (χ2n) is 7.60. The van der Waals surface area contributed by atoms with Gasteiger partial charge in [0.2, 0.25) is 0 Å². The van der Waals surface area contributed by atoms with Crippen LogP contribution in [0.3, 0.4) is 0 Å². The first-order chi connectivity index (χ1) is 17.7. The minimum atomic E-state index is -0.935. The monoisotopic (exact) mass is 520 g/mol. The molecule has 0 radical (unpaired) electrons. The summed E-state index contributed by atoms with van der Waals surface area (Å²) in [5.41, 5.74) is 7.01. The van der Waals surface area contributed by atoms with Crippen LogP contribution in [0.1, 0.15) is 72.9 Å². The highest BCUT2D eigenvalue weighted by atomic mass is 35.5. The van der Waals surface area contributed by atoms with E-state index in [1.165, 1.54) is 35.6 Å². The zero-order valence-corrected chi connectivity index (χ0v) is 24.7. The summed E-state index contributed by atoms with van der Waals surface area (Å²) in [6, 6.07) is 26.8. The van der Waals surface area contributed by atoms with E-state index in [0.717, 1.165) is 16.2 Å². The van der Waals surface area contributed by atoms with E-state index in [1.54, 1.807) is 0 Å². The van der Waals surface area contributed by atoms with Crippen LogP contribution in [0.4, 0.5) is 0 Å². The summed E-state index contributed by atoms with van der Waals surface area (Å²) in [5, 5.41) is 8.62. The van der Waals surface area contributed by atoms with Gasteiger partial charge in [0.15, 0.2) is 0 Å². The standard InChI is InChI=1S/C23H19Cl.C4H6O2.C3H8.2C2H6/c1-17(15-18(2)22-9-6-10-23(24)16-22)19-11-13-21(14-12-19)20-7-4-3-5-8-20;1-3(2)4(5)6;1-3-2;2*1-2/h3-16H,2H2,1H3;1H2,2H3,(H,5,6);3H2,1-2H3;2*1-2H3/b17-15+;;;;. The molecule has 0 unspecified atom stereocenters. The summed E-state index contributed by atoms with van der Waals surface area (Å²) < 4.78 is 0. The van der Waals surface area contributed by atoms with E-state index in [9.17, 15) is 4.79 Å². The third-order valence-corrected chi connectivity index (χ3v) is 4.63. The SMILES string of the molecule is C=C(/C=C(\C)c1ccc(-c2ccccc2)cc1)c1cccc(Cl)c1.C=C(C)C(=O)O.CC.CC.CCC. The fraction of sp³-hybridized carbons (Fsp3) is 0.265. The topological polar surface area (TPSA) is 37.3 Å². The molecule has 0 spiro atoms. The minimum Gasteiger partial charge on any atom is -0.478 e. The Morgan fingerprint density at radius 3 is 1.68 bits per heavy atom. The first-order valence-corrected chi connectivity index (χ1v) is 13.2. The van der Waals surface area contributed by atoms with Gasteiger partial charge in [0, 0.05) is 10.6 Å². The van der Waals surface area contributed by atoms with E-state index in [-0.39, 0.29) is 5.57 Å². The van der Waals surface area contributed by atoms with Crippen LogP contribution in [0, 0.1) is 0 Å². The van der Waals surface area contributed by atoms with Gasteiger partial charge in [-0.1, -0.05) is 146 Å². The molecule has 3 aromatic rings. The van der Waals surface area contributed by atoms with E-state index in [0.29, 0.717) is 0 Å². The number of benzene rings is 3. The van der Waals surface area contributed by atoms with E-state index in [4.69, 9.17) is 16.7 Å². The Balaban J connectivity index is 0. The highest BCUT2D eigenvalue weighted by Crippen LogP contribution is 2.25. The second-order valence-corrected chi connectivity index (χ2v) is 8.04. The number of aliphatic carboxylic acids is 1. The zero-order valence-electron chi connectivity index (χ0n) is 23.9. The van der Waals surface area contributed by atoms with Crippen molar-refractivity contribution in [3.8, 4) is 11.1 Å². The lowest BCUT2D eigenvalue weighted by Gasteiger charge is -2.07. The highest BCUT2D eigenvalue weighted by Gasteiger charge is 2.02. The fourth-order valence-corrected chi connectivity index (χ4v) is 2.86. The lowest BCUT2D eigenvalue weighted by Crippen LogP contribution is -1.92. The molecule has 1 N–H and O–H groups in total. The lowest BCUT2D eigenvalue weighted by atomic mass is 9.98. The molecular formula is C34H45ClO2. The summed E-state index contributed by atoms with van der Waals surface area (Å²) in [6.45, 7) is 23.1.